The Hall–Kier alpha value is -1.59. The third-order valence-corrected chi connectivity index (χ3v) is 3.15. The van der Waals surface area contributed by atoms with Gasteiger partial charge >= 0.3 is 5.97 Å². The van der Waals surface area contributed by atoms with Gasteiger partial charge in [-0.25, -0.2) is 4.79 Å². The minimum absolute atomic E-state index is 0.279. The van der Waals surface area contributed by atoms with Crippen molar-refractivity contribution < 1.29 is 19.0 Å². The molecule has 0 amide bonds. The average Bonchev–Trinajstić information content (AvgIpc) is 2.93. The highest BCUT2D eigenvalue weighted by atomic mass is 16.6. The van der Waals surface area contributed by atoms with Gasteiger partial charge in [-0.05, 0) is 36.6 Å². The molecule has 2 rings (SSSR count). The second-order valence-corrected chi connectivity index (χ2v) is 4.64. The van der Waals surface area contributed by atoms with Crippen LogP contribution in [0, 0.1) is 0 Å². The molecule has 0 saturated heterocycles. The van der Waals surface area contributed by atoms with Crippen molar-refractivity contribution >= 4 is 11.7 Å². The third kappa shape index (κ3) is 4.21. The number of nitrogens with one attached hydrogen (secondary N) is 1. The highest BCUT2D eigenvalue weighted by Gasteiger charge is 2.14. The Balaban J connectivity index is 1.67. The first-order valence-electron chi connectivity index (χ1n) is 6.92. The second kappa shape index (κ2) is 7.87. The zero-order chi connectivity index (χ0) is 14.2. The second-order valence-electron chi connectivity index (χ2n) is 4.64. The normalized spacial score (nSPS) is 12.8. The van der Waals surface area contributed by atoms with Gasteiger partial charge in [-0.15, -0.1) is 0 Å². The zero-order valence-electron chi connectivity index (χ0n) is 11.8. The Labute approximate surface area is 119 Å². The van der Waals surface area contributed by atoms with Crippen LogP contribution in [-0.2, 0) is 20.6 Å². The van der Waals surface area contributed by atoms with Crippen LogP contribution in [0.5, 0.6) is 0 Å². The van der Waals surface area contributed by atoms with Crippen LogP contribution >= 0.6 is 0 Å². The molecule has 1 aliphatic heterocycles. The number of esters is 1. The van der Waals surface area contributed by atoms with Crippen LogP contribution in [0.25, 0.3) is 0 Å². The maximum Gasteiger partial charge on any atom is 0.338 e. The molecule has 0 fully saturated rings. The van der Waals surface area contributed by atoms with E-state index in [0.29, 0.717) is 25.4 Å². The molecule has 1 heterocycles. The Morgan fingerprint density at radius 1 is 1.25 bits per heavy atom. The molecule has 0 unspecified atom stereocenters. The lowest BCUT2D eigenvalue weighted by molar-refractivity contribution is 0.0288. The summed E-state index contributed by atoms with van der Waals surface area (Å²) in [5.41, 5.74) is 2.89. The first-order chi connectivity index (χ1) is 9.81. The van der Waals surface area contributed by atoms with Crippen LogP contribution in [0.4, 0.5) is 5.69 Å². The predicted molar refractivity (Wildman–Crippen MR) is 76.2 cm³/mol. The summed E-state index contributed by atoms with van der Waals surface area (Å²) in [5.74, 6) is -0.291. The van der Waals surface area contributed by atoms with Crippen LogP contribution in [-0.4, -0.2) is 46.1 Å². The molecule has 1 aromatic carbocycles. The quantitative estimate of drug-likeness (QED) is 0.581. The summed E-state index contributed by atoms with van der Waals surface area (Å²) in [6.45, 7) is 2.94. The van der Waals surface area contributed by atoms with Gasteiger partial charge in [0.15, 0.2) is 0 Å². The Bertz CT molecular complexity index is 447. The van der Waals surface area contributed by atoms with Gasteiger partial charge < -0.3 is 19.5 Å². The van der Waals surface area contributed by atoms with Crippen molar-refractivity contribution in [3.05, 3.63) is 29.3 Å². The largest absolute Gasteiger partial charge is 0.460 e. The van der Waals surface area contributed by atoms with Crippen molar-refractivity contribution in [2.45, 2.75) is 12.8 Å². The van der Waals surface area contributed by atoms with Gasteiger partial charge in [-0.2, -0.15) is 0 Å². The van der Waals surface area contributed by atoms with Gasteiger partial charge in [0.1, 0.15) is 6.61 Å². The predicted octanol–water partition coefficient (Wildman–Crippen LogP) is 1.86. The van der Waals surface area contributed by atoms with Crippen molar-refractivity contribution in [3.63, 3.8) is 0 Å². The monoisotopic (exact) mass is 279 g/mol. The minimum atomic E-state index is -0.291. The summed E-state index contributed by atoms with van der Waals surface area (Å²) < 4.78 is 15.4. The minimum Gasteiger partial charge on any atom is -0.460 e. The fourth-order valence-corrected chi connectivity index (χ4v) is 2.12. The summed E-state index contributed by atoms with van der Waals surface area (Å²) in [7, 11) is 1.66. The summed E-state index contributed by atoms with van der Waals surface area (Å²) in [6.07, 6.45) is 1.81. The van der Waals surface area contributed by atoms with Gasteiger partial charge in [-0.1, -0.05) is 0 Å². The van der Waals surface area contributed by atoms with E-state index in [-0.39, 0.29) is 12.6 Å². The number of hydrogen-bond acceptors (Lipinski definition) is 5. The lowest BCUT2D eigenvalue weighted by atomic mass is 10.1. The number of carbonyl (C=O) groups is 1. The number of benzene rings is 1. The Morgan fingerprint density at radius 3 is 3.00 bits per heavy atom. The maximum atomic E-state index is 11.9. The summed E-state index contributed by atoms with van der Waals surface area (Å²) in [5, 5.41) is 3.26. The molecule has 1 aromatic rings. The van der Waals surface area contributed by atoms with Crippen molar-refractivity contribution in [3.8, 4) is 0 Å². The topological polar surface area (TPSA) is 56.8 Å². The van der Waals surface area contributed by atoms with Crippen LogP contribution in [0.1, 0.15) is 22.3 Å². The van der Waals surface area contributed by atoms with Crippen LogP contribution < -0.4 is 5.32 Å². The Morgan fingerprint density at radius 2 is 2.15 bits per heavy atom. The van der Waals surface area contributed by atoms with Crippen molar-refractivity contribution in [1.29, 1.82) is 0 Å². The molecule has 1 aliphatic rings. The molecule has 0 atom stereocenters. The van der Waals surface area contributed by atoms with E-state index in [2.05, 4.69) is 5.32 Å². The zero-order valence-corrected chi connectivity index (χ0v) is 11.8. The molecule has 5 heteroatoms. The number of methoxy groups -OCH3 is 1. The highest BCUT2D eigenvalue weighted by Crippen LogP contribution is 2.23. The maximum absolute atomic E-state index is 11.9. The number of carbonyl (C=O) groups excluding carboxylic acids is 1. The molecule has 0 spiro atoms. The first-order valence-corrected chi connectivity index (χ1v) is 6.92. The van der Waals surface area contributed by atoms with E-state index in [1.165, 1.54) is 5.56 Å². The number of ether oxygens (including phenoxy) is 3. The molecule has 0 bridgehead atoms. The average molecular weight is 279 g/mol. The van der Waals surface area contributed by atoms with E-state index in [0.717, 1.165) is 25.1 Å². The van der Waals surface area contributed by atoms with Gasteiger partial charge in [-0.3, -0.25) is 0 Å². The summed E-state index contributed by atoms with van der Waals surface area (Å²) >= 11 is 0. The molecule has 1 N–H and O–H groups in total. The van der Waals surface area contributed by atoms with Crippen molar-refractivity contribution in [2.24, 2.45) is 0 Å². The molecule has 20 heavy (non-hydrogen) atoms. The molecule has 0 aliphatic carbocycles. The molecule has 0 aromatic heterocycles. The molecule has 5 nitrogen and oxygen atoms in total. The van der Waals surface area contributed by atoms with E-state index in [4.69, 9.17) is 14.2 Å². The van der Waals surface area contributed by atoms with Crippen molar-refractivity contribution in [2.75, 3.05) is 45.4 Å². The van der Waals surface area contributed by atoms with Gasteiger partial charge in [0.05, 0.1) is 12.2 Å². The van der Waals surface area contributed by atoms with E-state index < -0.39 is 0 Å². The first kappa shape index (κ1) is 14.8. The third-order valence-electron chi connectivity index (χ3n) is 3.15. The van der Waals surface area contributed by atoms with Gasteiger partial charge in [0.25, 0.3) is 0 Å². The number of fused-ring (bicyclic) bond motifs is 1. The number of hydrogen-bond donors (Lipinski definition) is 1. The highest BCUT2D eigenvalue weighted by molar-refractivity contribution is 5.90. The van der Waals surface area contributed by atoms with E-state index in [1.807, 2.05) is 12.1 Å². The van der Waals surface area contributed by atoms with Crippen LogP contribution in [0.3, 0.4) is 0 Å². The molecular weight excluding hydrogens is 258 g/mol. The molecule has 0 radical (unpaired) electrons. The lowest BCUT2D eigenvalue weighted by Gasteiger charge is -2.07. The fraction of sp³-hybridized carbons (Fsp3) is 0.533. The smallest absolute Gasteiger partial charge is 0.338 e. The molecule has 0 saturated carbocycles. The van der Waals surface area contributed by atoms with E-state index in [1.54, 1.807) is 13.2 Å². The fourth-order valence-electron chi connectivity index (χ4n) is 2.12. The standard InChI is InChI=1S/C15H21NO4/c1-18-7-2-8-19-9-10-20-15(17)13-3-4-14-12(11-13)5-6-16-14/h3-4,11,16H,2,5-10H2,1H3. The van der Waals surface area contributed by atoms with Crippen LogP contribution in [0.15, 0.2) is 18.2 Å². The molecular formula is C15H21NO4. The lowest BCUT2D eigenvalue weighted by Crippen LogP contribution is -2.12. The number of rotatable bonds is 8. The number of anilines is 1. The van der Waals surface area contributed by atoms with Crippen molar-refractivity contribution in [1.82, 2.24) is 0 Å². The summed E-state index contributed by atoms with van der Waals surface area (Å²) in [6, 6.07) is 5.62. The SMILES string of the molecule is COCCCOCCOC(=O)c1ccc2c(c1)CCN2. The summed E-state index contributed by atoms with van der Waals surface area (Å²) in [4.78, 5) is 11.9. The van der Waals surface area contributed by atoms with Crippen LogP contribution in [0.2, 0.25) is 0 Å². The molecule has 110 valence electrons. The van der Waals surface area contributed by atoms with E-state index >= 15 is 0 Å². The Kier molecular flexibility index (Phi) is 5.83. The van der Waals surface area contributed by atoms with Gasteiger partial charge in [0, 0.05) is 32.6 Å². The van der Waals surface area contributed by atoms with Gasteiger partial charge in [0.2, 0.25) is 0 Å². The van der Waals surface area contributed by atoms with E-state index in [9.17, 15) is 4.79 Å².